The van der Waals surface area contributed by atoms with Crippen LogP contribution in [0.1, 0.15) is 11.4 Å². The van der Waals surface area contributed by atoms with Crippen molar-refractivity contribution in [1.82, 2.24) is 15.0 Å². The molecule has 0 radical (unpaired) electrons. The van der Waals surface area contributed by atoms with Crippen molar-refractivity contribution in [1.29, 1.82) is 0 Å². The number of fused-ring (bicyclic) bond motifs is 8. The van der Waals surface area contributed by atoms with Gasteiger partial charge in [0.25, 0.3) is 0 Å². The fraction of sp³-hybridized carbons (Fsp3) is 0.111. The first-order valence-corrected chi connectivity index (χ1v) is 7.10. The van der Waals surface area contributed by atoms with Gasteiger partial charge < -0.3 is 6.42 Å². The first-order chi connectivity index (χ1) is 10.4. The SMILES string of the molecule is [Pt].c1cc2nc(c1)-c1cccc(n1)-c1cccc(n1)C[CH-]C2. The third-order valence-electron chi connectivity index (χ3n) is 3.59. The average Bonchev–Trinajstić information content (AvgIpc) is 2.55. The molecular weight excluding hydrogens is 453 g/mol. The Bertz CT molecular complexity index is 739. The van der Waals surface area contributed by atoms with E-state index in [4.69, 9.17) is 15.0 Å². The van der Waals surface area contributed by atoms with Crippen molar-refractivity contribution in [2.45, 2.75) is 12.8 Å². The van der Waals surface area contributed by atoms with Crippen LogP contribution in [0.4, 0.5) is 0 Å². The number of nitrogens with zero attached hydrogens (tertiary/aromatic N) is 3. The molecule has 1 aliphatic rings. The van der Waals surface area contributed by atoms with Gasteiger partial charge in [-0.2, -0.15) is 0 Å². The van der Waals surface area contributed by atoms with Gasteiger partial charge in [0.05, 0.1) is 22.8 Å². The molecule has 0 N–H and O–H groups in total. The molecule has 6 bridgehead atoms. The number of rotatable bonds is 0. The fourth-order valence-electron chi connectivity index (χ4n) is 2.56. The van der Waals surface area contributed by atoms with Crippen LogP contribution in [-0.2, 0) is 33.9 Å². The first-order valence-electron chi connectivity index (χ1n) is 7.10. The summed E-state index contributed by atoms with van der Waals surface area (Å²) in [7, 11) is 0. The van der Waals surface area contributed by atoms with E-state index >= 15 is 0 Å². The molecule has 4 rings (SSSR count). The van der Waals surface area contributed by atoms with E-state index in [1.165, 1.54) is 0 Å². The molecule has 3 aromatic heterocycles. The van der Waals surface area contributed by atoms with Gasteiger partial charge in [0.15, 0.2) is 0 Å². The van der Waals surface area contributed by atoms with Gasteiger partial charge >= 0.3 is 0 Å². The Kier molecular flexibility index (Phi) is 4.44. The molecule has 0 atom stereocenters. The maximum atomic E-state index is 4.72. The Hall–Kier alpha value is -1.86. The molecule has 0 unspecified atom stereocenters. The second-order valence-electron chi connectivity index (χ2n) is 5.13. The van der Waals surface area contributed by atoms with Crippen molar-refractivity contribution in [3.63, 3.8) is 0 Å². The summed E-state index contributed by atoms with van der Waals surface area (Å²) in [4.78, 5) is 14.1. The van der Waals surface area contributed by atoms with Crippen molar-refractivity contribution < 1.29 is 21.1 Å². The largest absolute Gasteiger partial charge is 0.317 e. The second kappa shape index (κ2) is 6.49. The van der Waals surface area contributed by atoms with E-state index in [0.717, 1.165) is 47.0 Å². The summed E-state index contributed by atoms with van der Waals surface area (Å²) in [5.41, 5.74) is 5.75. The monoisotopic (exact) mass is 467 g/mol. The molecule has 0 aromatic carbocycles. The van der Waals surface area contributed by atoms with Crippen LogP contribution in [0.2, 0.25) is 0 Å². The molecule has 112 valence electrons. The van der Waals surface area contributed by atoms with Crippen molar-refractivity contribution >= 4 is 0 Å². The zero-order valence-corrected chi connectivity index (χ0v) is 14.1. The van der Waals surface area contributed by atoms with E-state index in [1.807, 2.05) is 42.5 Å². The number of aromatic nitrogens is 3. The van der Waals surface area contributed by atoms with Crippen molar-refractivity contribution in [2.24, 2.45) is 0 Å². The summed E-state index contributed by atoms with van der Waals surface area (Å²) < 4.78 is 0. The normalized spacial score (nSPS) is 12.5. The smallest absolute Gasteiger partial charge is 0.0894 e. The zero-order valence-electron chi connectivity index (χ0n) is 11.8. The average molecular weight is 467 g/mol. The molecule has 0 aliphatic carbocycles. The molecule has 22 heavy (non-hydrogen) atoms. The predicted molar refractivity (Wildman–Crippen MR) is 82.4 cm³/mol. The zero-order chi connectivity index (χ0) is 14.1. The molecule has 0 saturated carbocycles. The van der Waals surface area contributed by atoms with Crippen LogP contribution in [0.25, 0.3) is 22.8 Å². The van der Waals surface area contributed by atoms with Crippen LogP contribution in [0.15, 0.2) is 54.6 Å². The molecule has 0 fully saturated rings. The van der Waals surface area contributed by atoms with E-state index in [0.29, 0.717) is 0 Å². The van der Waals surface area contributed by atoms with E-state index in [-0.39, 0.29) is 21.1 Å². The van der Waals surface area contributed by atoms with Crippen LogP contribution in [0, 0.1) is 6.42 Å². The maximum Gasteiger partial charge on any atom is 0.0894 e. The molecule has 0 amide bonds. The van der Waals surface area contributed by atoms with Crippen LogP contribution in [0.3, 0.4) is 0 Å². The summed E-state index contributed by atoms with van der Waals surface area (Å²) >= 11 is 0. The molecule has 0 saturated heterocycles. The number of hydrogen-bond acceptors (Lipinski definition) is 3. The molecule has 3 nitrogen and oxygen atoms in total. The Labute approximate surface area is 144 Å². The van der Waals surface area contributed by atoms with Crippen LogP contribution >= 0.6 is 0 Å². The Morgan fingerprint density at radius 1 is 0.591 bits per heavy atom. The van der Waals surface area contributed by atoms with Gasteiger partial charge in [-0.25, -0.2) is 4.98 Å². The van der Waals surface area contributed by atoms with E-state index < -0.39 is 0 Å². The summed E-state index contributed by atoms with van der Waals surface area (Å²) in [6.07, 6.45) is 3.92. The van der Waals surface area contributed by atoms with Crippen LogP contribution < -0.4 is 0 Å². The molecular formula is C18H14N3Pt-. The van der Waals surface area contributed by atoms with E-state index in [9.17, 15) is 0 Å². The minimum absolute atomic E-state index is 0. The Balaban J connectivity index is 0.00000144. The van der Waals surface area contributed by atoms with Crippen molar-refractivity contribution in [3.8, 4) is 22.8 Å². The number of pyridine rings is 3. The quantitative estimate of drug-likeness (QED) is 0.475. The van der Waals surface area contributed by atoms with E-state index in [1.54, 1.807) is 0 Å². The first kappa shape index (κ1) is 15.1. The van der Waals surface area contributed by atoms with Gasteiger partial charge in [0, 0.05) is 32.5 Å². The molecule has 1 aliphatic heterocycles. The van der Waals surface area contributed by atoms with Gasteiger partial charge in [-0.15, -0.1) is 12.8 Å². The van der Waals surface area contributed by atoms with Gasteiger partial charge in [0.2, 0.25) is 0 Å². The molecule has 3 aromatic rings. The number of hydrogen-bond donors (Lipinski definition) is 0. The second-order valence-corrected chi connectivity index (χ2v) is 5.13. The van der Waals surface area contributed by atoms with Crippen LogP contribution in [0.5, 0.6) is 0 Å². The minimum Gasteiger partial charge on any atom is -0.317 e. The third-order valence-corrected chi connectivity index (χ3v) is 3.59. The van der Waals surface area contributed by atoms with E-state index in [2.05, 4.69) is 18.6 Å². The molecule has 4 heterocycles. The molecule has 0 spiro atoms. The standard InChI is InChI=1S/C18H14N3.Pt/c1-5-13-7-2-9-15(19-13)17-11-4-12-18(21-17)16-10-3-8-14(6-1)20-16;/h1-4,7-12H,5-6H2;/q-1;. The summed E-state index contributed by atoms with van der Waals surface area (Å²) in [5, 5.41) is 0. The van der Waals surface area contributed by atoms with Gasteiger partial charge in [0.1, 0.15) is 0 Å². The Morgan fingerprint density at radius 2 is 1.00 bits per heavy atom. The van der Waals surface area contributed by atoms with Gasteiger partial charge in [-0.1, -0.05) is 18.2 Å². The Morgan fingerprint density at radius 3 is 1.50 bits per heavy atom. The predicted octanol–water partition coefficient (Wildman–Crippen LogP) is 3.51. The van der Waals surface area contributed by atoms with Crippen LogP contribution in [-0.4, -0.2) is 15.0 Å². The summed E-state index contributed by atoms with van der Waals surface area (Å²) in [6.45, 7) is 0. The third kappa shape index (κ3) is 3.00. The van der Waals surface area contributed by atoms with Gasteiger partial charge in [-0.3, -0.25) is 9.97 Å². The fourth-order valence-corrected chi connectivity index (χ4v) is 2.56. The molecule has 4 heteroatoms. The maximum absolute atomic E-state index is 4.72. The van der Waals surface area contributed by atoms with Crippen molar-refractivity contribution in [3.05, 3.63) is 72.4 Å². The van der Waals surface area contributed by atoms with Crippen molar-refractivity contribution in [2.75, 3.05) is 0 Å². The topological polar surface area (TPSA) is 38.7 Å². The van der Waals surface area contributed by atoms with Gasteiger partial charge in [-0.05, 0) is 36.4 Å². The summed E-state index contributed by atoms with van der Waals surface area (Å²) in [6, 6.07) is 18.2. The summed E-state index contributed by atoms with van der Waals surface area (Å²) in [5.74, 6) is 0. The minimum atomic E-state index is 0.